The molecular weight excluding hydrogens is 444 g/mol. The third-order valence-electron chi connectivity index (χ3n) is 8.48. The van der Waals surface area contributed by atoms with E-state index < -0.39 is 17.7 Å². The third kappa shape index (κ3) is 4.63. The molecule has 3 saturated heterocycles. The first-order valence-corrected chi connectivity index (χ1v) is 13.3. The Labute approximate surface area is 207 Å². The smallest absolute Gasteiger partial charge is 0.252 e. The number of hydrogen-bond donors (Lipinski definition) is 2. The summed E-state index contributed by atoms with van der Waals surface area (Å²) in [6.45, 7) is 5.91. The lowest BCUT2D eigenvalue weighted by atomic mass is 9.88. The first kappa shape index (κ1) is 24.4. The van der Waals surface area contributed by atoms with E-state index in [0.29, 0.717) is 24.3 Å². The molecule has 3 atom stereocenters. The molecule has 0 spiro atoms. The van der Waals surface area contributed by atoms with Gasteiger partial charge in [0.15, 0.2) is 5.78 Å². The van der Waals surface area contributed by atoms with E-state index in [1.165, 1.54) is 12.0 Å². The lowest BCUT2D eigenvalue weighted by molar-refractivity contribution is -0.142. The highest BCUT2D eigenvalue weighted by Crippen LogP contribution is 2.36. The van der Waals surface area contributed by atoms with Crippen LogP contribution in [-0.2, 0) is 14.3 Å². The molecule has 190 valence electrons. The number of rotatable bonds is 6. The number of likely N-dealkylation sites (tertiary alicyclic amines) is 2. The van der Waals surface area contributed by atoms with Gasteiger partial charge in [0.2, 0.25) is 5.91 Å². The highest BCUT2D eigenvalue weighted by atomic mass is 16.5. The maximum absolute atomic E-state index is 13.7. The summed E-state index contributed by atoms with van der Waals surface area (Å²) < 4.78 is 5.55. The van der Waals surface area contributed by atoms with Gasteiger partial charge in [0.25, 0.3) is 5.91 Å². The van der Waals surface area contributed by atoms with Crippen LogP contribution in [0.15, 0.2) is 24.3 Å². The molecule has 3 N–H and O–H groups in total. The molecule has 1 saturated carbocycles. The van der Waals surface area contributed by atoms with Gasteiger partial charge in [0, 0.05) is 12.1 Å². The first-order valence-electron chi connectivity index (χ1n) is 13.3. The number of benzene rings is 1. The van der Waals surface area contributed by atoms with Crippen molar-refractivity contribution in [1.82, 2.24) is 15.1 Å². The number of carbonyl (C=O) groups excluding carboxylic acids is 3. The molecule has 1 aromatic rings. The van der Waals surface area contributed by atoms with Gasteiger partial charge in [-0.25, -0.2) is 0 Å². The predicted molar refractivity (Wildman–Crippen MR) is 132 cm³/mol. The Kier molecular flexibility index (Phi) is 6.97. The van der Waals surface area contributed by atoms with Crippen LogP contribution in [0.25, 0.3) is 0 Å². The monoisotopic (exact) mass is 482 g/mol. The zero-order valence-electron chi connectivity index (χ0n) is 20.7. The Morgan fingerprint density at radius 1 is 1.14 bits per heavy atom. The number of fused-ring (bicyclic) bond motifs is 1. The van der Waals surface area contributed by atoms with E-state index in [2.05, 4.69) is 29.3 Å². The lowest BCUT2D eigenvalue weighted by Gasteiger charge is -2.35. The highest BCUT2D eigenvalue weighted by Gasteiger charge is 2.55. The van der Waals surface area contributed by atoms with Crippen LogP contribution < -0.4 is 11.1 Å². The molecule has 1 aromatic carbocycles. The van der Waals surface area contributed by atoms with Crippen LogP contribution in [0.2, 0.25) is 0 Å². The standard InChI is InChI=1S/C27H38N4O4/c1-2-13-30-14-9-19(10-15-30)18-5-7-20(8-6-18)25(33)29-27(11-3-4-12-27)26(34)31-16-21(28)24-23(31)22(32)17-35-24/h5-8,19,21,23-24H,2-4,9-17,28H2,1H3,(H,29,33)/t21-,23-,24-/m1/s1. The Hall–Kier alpha value is -2.29. The molecule has 0 aromatic heterocycles. The number of nitrogens with two attached hydrogens (primary N) is 1. The average molecular weight is 483 g/mol. The predicted octanol–water partition coefficient (Wildman–Crippen LogP) is 1.82. The summed E-state index contributed by atoms with van der Waals surface area (Å²) in [6.07, 6.45) is 5.90. The molecule has 0 radical (unpaired) electrons. The summed E-state index contributed by atoms with van der Waals surface area (Å²) in [7, 11) is 0. The van der Waals surface area contributed by atoms with Crippen molar-refractivity contribution >= 4 is 17.6 Å². The van der Waals surface area contributed by atoms with Crippen LogP contribution in [0, 0.1) is 0 Å². The normalized spacial score (nSPS) is 28.9. The minimum atomic E-state index is -0.987. The summed E-state index contributed by atoms with van der Waals surface area (Å²) in [6, 6.07) is 6.88. The number of ether oxygens (including phenoxy) is 1. The Bertz CT molecular complexity index is 950. The molecule has 3 aliphatic heterocycles. The van der Waals surface area contributed by atoms with E-state index >= 15 is 0 Å². The van der Waals surface area contributed by atoms with E-state index in [1.807, 2.05) is 12.1 Å². The Balaban J connectivity index is 1.26. The van der Waals surface area contributed by atoms with Crippen molar-refractivity contribution in [2.24, 2.45) is 5.73 Å². The Morgan fingerprint density at radius 2 is 1.83 bits per heavy atom. The van der Waals surface area contributed by atoms with Gasteiger partial charge < -0.3 is 25.6 Å². The zero-order valence-corrected chi connectivity index (χ0v) is 20.7. The quantitative estimate of drug-likeness (QED) is 0.641. The summed E-state index contributed by atoms with van der Waals surface area (Å²) in [5.74, 6) is -0.00688. The van der Waals surface area contributed by atoms with Crippen molar-refractivity contribution in [3.05, 3.63) is 35.4 Å². The molecule has 2 amide bonds. The second-order valence-corrected chi connectivity index (χ2v) is 10.8. The number of amides is 2. The van der Waals surface area contributed by atoms with Crippen molar-refractivity contribution in [3.63, 3.8) is 0 Å². The van der Waals surface area contributed by atoms with Gasteiger partial charge in [-0.3, -0.25) is 14.4 Å². The van der Waals surface area contributed by atoms with Crippen LogP contribution in [-0.4, -0.2) is 83.9 Å². The van der Waals surface area contributed by atoms with Crippen molar-refractivity contribution in [3.8, 4) is 0 Å². The van der Waals surface area contributed by atoms with Gasteiger partial charge in [-0.1, -0.05) is 31.9 Å². The topological polar surface area (TPSA) is 105 Å². The van der Waals surface area contributed by atoms with Gasteiger partial charge in [-0.2, -0.15) is 0 Å². The molecule has 5 rings (SSSR count). The van der Waals surface area contributed by atoms with E-state index in [9.17, 15) is 14.4 Å². The van der Waals surface area contributed by atoms with Crippen molar-refractivity contribution in [2.75, 3.05) is 32.8 Å². The average Bonchev–Trinajstić information content (AvgIpc) is 3.58. The molecule has 3 heterocycles. The number of hydrogen-bond acceptors (Lipinski definition) is 6. The summed E-state index contributed by atoms with van der Waals surface area (Å²) in [5.41, 5.74) is 7.04. The van der Waals surface area contributed by atoms with Crippen LogP contribution in [0.3, 0.4) is 0 Å². The number of Topliss-reactive ketones (excluding diaryl/α,β-unsaturated/α-hetero) is 1. The fraction of sp³-hybridized carbons (Fsp3) is 0.667. The van der Waals surface area contributed by atoms with Gasteiger partial charge in [0.05, 0.1) is 6.04 Å². The van der Waals surface area contributed by atoms with Gasteiger partial charge in [-0.05, 0) is 75.4 Å². The molecule has 4 fully saturated rings. The van der Waals surface area contributed by atoms with Gasteiger partial charge in [0.1, 0.15) is 24.3 Å². The molecule has 0 bridgehead atoms. The minimum absolute atomic E-state index is 0.00382. The fourth-order valence-electron chi connectivity index (χ4n) is 6.55. The maximum atomic E-state index is 13.7. The van der Waals surface area contributed by atoms with Crippen molar-refractivity contribution < 1.29 is 19.1 Å². The number of ketones is 1. The molecule has 1 aliphatic carbocycles. The molecule has 8 nitrogen and oxygen atoms in total. The first-order chi connectivity index (χ1) is 16.9. The molecular formula is C27H38N4O4. The molecule has 4 aliphatic rings. The maximum Gasteiger partial charge on any atom is 0.252 e. The number of piperidine rings is 1. The third-order valence-corrected chi connectivity index (χ3v) is 8.48. The summed E-state index contributed by atoms with van der Waals surface area (Å²) >= 11 is 0. The molecule has 0 unspecified atom stereocenters. The highest BCUT2D eigenvalue weighted by molar-refractivity contribution is 6.01. The lowest BCUT2D eigenvalue weighted by Crippen LogP contribution is -2.60. The second-order valence-electron chi connectivity index (χ2n) is 10.8. The van der Waals surface area contributed by atoms with Crippen LogP contribution in [0.1, 0.15) is 73.7 Å². The van der Waals surface area contributed by atoms with E-state index in [-0.39, 0.29) is 36.8 Å². The Morgan fingerprint density at radius 3 is 2.49 bits per heavy atom. The number of nitrogens with one attached hydrogen (secondary N) is 1. The SMILES string of the molecule is CCCN1CCC(c2ccc(C(=O)NC3(C(=O)N4C[C@@H](N)[C@H]5OCC(=O)[C@H]54)CCCC3)cc2)CC1. The largest absolute Gasteiger partial charge is 0.366 e. The van der Waals surface area contributed by atoms with E-state index in [0.717, 1.165) is 45.3 Å². The minimum Gasteiger partial charge on any atom is -0.366 e. The summed E-state index contributed by atoms with van der Waals surface area (Å²) in [5, 5.41) is 3.08. The van der Waals surface area contributed by atoms with Crippen LogP contribution in [0.5, 0.6) is 0 Å². The summed E-state index contributed by atoms with van der Waals surface area (Å²) in [4.78, 5) is 43.6. The van der Waals surface area contributed by atoms with Crippen LogP contribution in [0.4, 0.5) is 0 Å². The molecule has 8 heteroatoms. The van der Waals surface area contributed by atoms with Crippen molar-refractivity contribution in [1.29, 1.82) is 0 Å². The van der Waals surface area contributed by atoms with Crippen LogP contribution >= 0.6 is 0 Å². The van der Waals surface area contributed by atoms with E-state index in [4.69, 9.17) is 10.5 Å². The fourth-order valence-corrected chi connectivity index (χ4v) is 6.55. The van der Waals surface area contributed by atoms with Gasteiger partial charge in [-0.15, -0.1) is 0 Å². The number of carbonyl (C=O) groups is 3. The number of nitrogens with zero attached hydrogens (tertiary/aromatic N) is 2. The van der Waals surface area contributed by atoms with E-state index in [1.54, 1.807) is 4.90 Å². The molecule has 35 heavy (non-hydrogen) atoms. The second kappa shape index (κ2) is 9.99. The zero-order chi connectivity index (χ0) is 24.6. The van der Waals surface area contributed by atoms with Gasteiger partial charge >= 0.3 is 0 Å². The van der Waals surface area contributed by atoms with Crippen molar-refractivity contribution in [2.45, 2.75) is 81.5 Å².